The molecule has 2 nitrogen and oxygen atoms in total. The van der Waals surface area contributed by atoms with Gasteiger partial charge in [0, 0.05) is 18.1 Å². The van der Waals surface area contributed by atoms with E-state index < -0.39 is 23.5 Å². The number of nitrogens with one attached hydrogen (secondary N) is 1. The molecule has 2 rings (SSSR count). The molecule has 0 saturated carbocycles. The minimum absolute atomic E-state index is 0.104. The highest BCUT2D eigenvalue weighted by atomic mass is 32.1. The van der Waals surface area contributed by atoms with Crippen LogP contribution in [0, 0.1) is 0 Å². The minimum Gasteiger partial charge on any atom is -0.357 e. The zero-order valence-corrected chi connectivity index (χ0v) is 11.0. The summed E-state index contributed by atoms with van der Waals surface area (Å²) >= 11 is 1.19. The highest BCUT2D eigenvalue weighted by molar-refractivity contribution is 7.13. The topological polar surface area (TPSA) is 24.9 Å². The van der Waals surface area contributed by atoms with Crippen LogP contribution >= 0.6 is 11.3 Å². The second kappa shape index (κ2) is 5.55. The van der Waals surface area contributed by atoms with Crippen LogP contribution in [0.15, 0.2) is 29.8 Å². The average Bonchev–Trinajstić information content (AvgIpc) is 2.87. The molecule has 0 amide bonds. The summed E-state index contributed by atoms with van der Waals surface area (Å²) < 4.78 is 75.9. The van der Waals surface area contributed by atoms with Crippen LogP contribution in [-0.2, 0) is 18.9 Å². The van der Waals surface area contributed by atoms with Crippen molar-refractivity contribution in [2.75, 3.05) is 5.32 Å². The maximum absolute atomic E-state index is 12.7. The lowest BCUT2D eigenvalue weighted by atomic mass is 10.0. The lowest BCUT2D eigenvalue weighted by molar-refractivity contribution is -0.143. The Morgan fingerprint density at radius 3 is 1.95 bits per heavy atom. The van der Waals surface area contributed by atoms with Gasteiger partial charge < -0.3 is 5.32 Å². The van der Waals surface area contributed by atoms with E-state index in [4.69, 9.17) is 0 Å². The molecule has 0 atom stereocenters. The Balaban J connectivity index is 2.31. The lowest BCUT2D eigenvalue weighted by Crippen LogP contribution is -2.12. The largest absolute Gasteiger partial charge is 0.416 e. The Labute approximate surface area is 119 Å². The van der Waals surface area contributed by atoms with Crippen molar-refractivity contribution in [3.63, 3.8) is 0 Å². The number of alkyl halides is 6. The molecule has 0 saturated heterocycles. The molecule has 1 aromatic heterocycles. The Kier molecular flexibility index (Phi) is 4.13. The molecule has 9 heteroatoms. The number of benzene rings is 1. The van der Waals surface area contributed by atoms with Gasteiger partial charge in [0.15, 0.2) is 5.13 Å². The third-order valence-electron chi connectivity index (χ3n) is 2.52. The average molecular weight is 326 g/mol. The normalized spacial score (nSPS) is 12.5. The fraction of sp³-hybridized carbons (Fsp3) is 0.250. The van der Waals surface area contributed by atoms with Gasteiger partial charge in [-0.05, 0) is 23.8 Å². The molecule has 0 aliphatic heterocycles. The van der Waals surface area contributed by atoms with E-state index in [0.717, 1.165) is 0 Å². The van der Waals surface area contributed by atoms with Crippen LogP contribution in [-0.4, -0.2) is 4.98 Å². The molecule has 0 radical (unpaired) electrons. The van der Waals surface area contributed by atoms with Crippen LogP contribution in [0.25, 0.3) is 0 Å². The molecule has 2 aromatic rings. The van der Waals surface area contributed by atoms with E-state index in [2.05, 4.69) is 10.3 Å². The molecule has 0 unspecified atom stereocenters. The van der Waals surface area contributed by atoms with Gasteiger partial charge >= 0.3 is 12.4 Å². The summed E-state index contributed by atoms with van der Waals surface area (Å²) in [5.41, 5.74) is -2.77. The van der Waals surface area contributed by atoms with E-state index in [1.165, 1.54) is 17.5 Å². The van der Waals surface area contributed by atoms with Gasteiger partial charge in [-0.15, -0.1) is 11.3 Å². The van der Waals surface area contributed by atoms with Crippen LogP contribution in [0.5, 0.6) is 0 Å². The number of aromatic nitrogens is 1. The summed E-state index contributed by atoms with van der Waals surface area (Å²) in [5.74, 6) is 0. The predicted molar refractivity (Wildman–Crippen MR) is 65.9 cm³/mol. The molecular formula is C12H8F6N2S. The van der Waals surface area contributed by atoms with E-state index in [1.54, 1.807) is 5.38 Å². The SMILES string of the molecule is FC(F)(F)c1cc(CNc2nccs2)cc(C(F)(F)F)c1. The lowest BCUT2D eigenvalue weighted by Gasteiger charge is -2.14. The first-order valence-electron chi connectivity index (χ1n) is 5.58. The van der Waals surface area contributed by atoms with E-state index in [0.29, 0.717) is 17.3 Å². The van der Waals surface area contributed by atoms with Crippen LogP contribution in [0.2, 0.25) is 0 Å². The highest BCUT2D eigenvalue weighted by Crippen LogP contribution is 2.36. The van der Waals surface area contributed by atoms with Crippen molar-refractivity contribution in [1.29, 1.82) is 0 Å². The molecule has 1 aromatic carbocycles. The number of anilines is 1. The van der Waals surface area contributed by atoms with Gasteiger partial charge in [0.1, 0.15) is 0 Å². The van der Waals surface area contributed by atoms with Crippen molar-refractivity contribution in [3.05, 3.63) is 46.5 Å². The molecule has 0 spiro atoms. The molecule has 21 heavy (non-hydrogen) atoms. The summed E-state index contributed by atoms with van der Waals surface area (Å²) in [6, 6.07) is 1.48. The number of rotatable bonds is 3. The summed E-state index contributed by atoms with van der Waals surface area (Å²) in [5, 5.41) is 4.72. The molecule has 114 valence electrons. The monoisotopic (exact) mass is 326 g/mol. The Hall–Kier alpha value is -1.77. The van der Waals surface area contributed by atoms with Crippen molar-refractivity contribution in [3.8, 4) is 0 Å². The van der Waals surface area contributed by atoms with Crippen LogP contribution < -0.4 is 5.32 Å². The minimum atomic E-state index is -4.84. The number of hydrogen-bond donors (Lipinski definition) is 1. The highest BCUT2D eigenvalue weighted by Gasteiger charge is 2.36. The van der Waals surface area contributed by atoms with Gasteiger partial charge in [0.25, 0.3) is 0 Å². The molecular weight excluding hydrogens is 318 g/mol. The van der Waals surface area contributed by atoms with E-state index in [1.807, 2.05) is 0 Å². The first-order valence-corrected chi connectivity index (χ1v) is 6.46. The fourth-order valence-electron chi connectivity index (χ4n) is 1.61. The van der Waals surface area contributed by atoms with Crippen molar-refractivity contribution in [1.82, 2.24) is 4.98 Å². The molecule has 0 fully saturated rings. The quantitative estimate of drug-likeness (QED) is 0.820. The maximum Gasteiger partial charge on any atom is 0.416 e. The molecule has 1 heterocycles. The number of halogens is 6. The van der Waals surface area contributed by atoms with Gasteiger partial charge in [-0.2, -0.15) is 26.3 Å². The Bertz CT molecular complexity index is 571. The summed E-state index contributed by atoms with van der Waals surface area (Å²) in [4.78, 5) is 3.84. The standard InChI is InChI=1S/C12H8F6N2S/c13-11(14,15)8-3-7(4-9(5-8)12(16,17)18)6-20-10-19-1-2-21-10/h1-5H,6H2,(H,19,20). The maximum atomic E-state index is 12.7. The van der Waals surface area contributed by atoms with Crippen LogP contribution in [0.3, 0.4) is 0 Å². The van der Waals surface area contributed by atoms with Gasteiger partial charge in [0.05, 0.1) is 11.1 Å². The Morgan fingerprint density at radius 2 is 1.52 bits per heavy atom. The smallest absolute Gasteiger partial charge is 0.357 e. The molecule has 0 aliphatic rings. The number of thiazole rings is 1. The van der Waals surface area contributed by atoms with Crippen molar-refractivity contribution >= 4 is 16.5 Å². The second-order valence-corrected chi connectivity index (χ2v) is 5.00. The van der Waals surface area contributed by atoms with Crippen molar-refractivity contribution in [2.24, 2.45) is 0 Å². The zero-order chi connectivity index (χ0) is 15.7. The fourth-order valence-corrected chi connectivity index (χ4v) is 2.14. The van der Waals surface area contributed by atoms with Gasteiger partial charge in [-0.3, -0.25) is 0 Å². The molecule has 0 aliphatic carbocycles. The summed E-state index contributed by atoms with van der Waals surface area (Å²) in [7, 11) is 0. The van der Waals surface area contributed by atoms with Gasteiger partial charge in [-0.25, -0.2) is 4.98 Å². The number of hydrogen-bond acceptors (Lipinski definition) is 3. The van der Waals surface area contributed by atoms with Crippen LogP contribution in [0.1, 0.15) is 16.7 Å². The third kappa shape index (κ3) is 4.10. The first-order chi connectivity index (χ1) is 9.66. The van der Waals surface area contributed by atoms with Gasteiger partial charge in [-0.1, -0.05) is 0 Å². The zero-order valence-electron chi connectivity index (χ0n) is 10.2. The third-order valence-corrected chi connectivity index (χ3v) is 3.25. The Morgan fingerprint density at radius 1 is 0.952 bits per heavy atom. The number of nitrogens with zero attached hydrogens (tertiary/aromatic N) is 1. The summed E-state index contributed by atoms with van der Waals surface area (Å²) in [6.07, 6.45) is -8.20. The second-order valence-electron chi connectivity index (χ2n) is 4.10. The van der Waals surface area contributed by atoms with E-state index in [9.17, 15) is 26.3 Å². The van der Waals surface area contributed by atoms with E-state index in [-0.39, 0.29) is 18.2 Å². The van der Waals surface area contributed by atoms with Gasteiger partial charge in [0.2, 0.25) is 0 Å². The predicted octanol–water partition coefficient (Wildman–Crippen LogP) is 4.79. The first kappa shape index (κ1) is 15.6. The van der Waals surface area contributed by atoms with Crippen LogP contribution in [0.4, 0.5) is 31.5 Å². The van der Waals surface area contributed by atoms with Crippen molar-refractivity contribution in [2.45, 2.75) is 18.9 Å². The van der Waals surface area contributed by atoms with E-state index >= 15 is 0 Å². The van der Waals surface area contributed by atoms with Crippen molar-refractivity contribution < 1.29 is 26.3 Å². The molecule has 0 bridgehead atoms. The molecule has 1 N–H and O–H groups in total. The summed E-state index contributed by atoms with van der Waals surface area (Å²) in [6.45, 7) is -0.180.